The highest BCUT2D eigenvalue weighted by Gasteiger charge is 2.18. The minimum absolute atomic E-state index is 0.229. The molecule has 1 aromatic carbocycles. The van der Waals surface area contributed by atoms with Crippen LogP contribution in [-0.2, 0) is 0 Å². The van der Waals surface area contributed by atoms with Gasteiger partial charge in [0.25, 0.3) is 0 Å². The van der Waals surface area contributed by atoms with Crippen LogP contribution in [0.2, 0.25) is 10.0 Å². The van der Waals surface area contributed by atoms with Gasteiger partial charge in [-0.05, 0) is 18.2 Å². The van der Waals surface area contributed by atoms with Crippen LogP contribution in [0.15, 0.2) is 22.6 Å². The molecule has 0 amide bonds. The van der Waals surface area contributed by atoms with Crippen molar-refractivity contribution < 1.29 is 9.21 Å². The quantitative estimate of drug-likeness (QED) is 0.669. The van der Waals surface area contributed by atoms with Crippen molar-refractivity contribution in [1.29, 1.82) is 0 Å². The van der Waals surface area contributed by atoms with E-state index in [4.69, 9.17) is 27.6 Å². The second-order valence-corrected chi connectivity index (χ2v) is 4.84. The molecule has 0 aliphatic heterocycles. The summed E-state index contributed by atoms with van der Waals surface area (Å²) in [6.07, 6.45) is 0.629. The SMILES string of the molecule is O=Cc1ccc(-c2c(Cl)cc(Cl)c3nsnc23)o1. The first-order valence-electron chi connectivity index (χ1n) is 4.86. The molecule has 7 heteroatoms. The molecule has 0 bridgehead atoms. The third kappa shape index (κ3) is 1.71. The Morgan fingerprint density at radius 1 is 1.17 bits per heavy atom. The third-order valence-electron chi connectivity index (χ3n) is 2.43. The van der Waals surface area contributed by atoms with Crippen LogP contribution in [0.3, 0.4) is 0 Å². The fourth-order valence-electron chi connectivity index (χ4n) is 1.66. The number of hydrogen-bond acceptors (Lipinski definition) is 5. The van der Waals surface area contributed by atoms with Crippen molar-refractivity contribution in [3.63, 3.8) is 0 Å². The average Bonchev–Trinajstić information content (AvgIpc) is 2.97. The first-order chi connectivity index (χ1) is 8.70. The van der Waals surface area contributed by atoms with Crippen LogP contribution < -0.4 is 0 Å². The zero-order valence-electron chi connectivity index (χ0n) is 8.68. The van der Waals surface area contributed by atoms with Crippen molar-refractivity contribution in [3.8, 4) is 11.3 Å². The van der Waals surface area contributed by atoms with Gasteiger partial charge in [-0.15, -0.1) is 0 Å². The summed E-state index contributed by atoms with van der Waals surface area (Å²) in [6.45, 7) is 0. The molecule has 0 fully saturated rings. The number of carbonyl (C=O) groups excluding carboxylic acids is 1. The molecule has 90 valence electrons. The molecule has 4 nitrogen and oxygen atoms in total. The van der Waals surface area contributed by atoms with E-state index >= 15 is 0 Å². The number of benzene rings is 1. The Bertz CT molecular complexity index is 751. The lowest BCUT2D eigenvalue weighted by Crippen LogP contribution is -1.82. The molecule has 0 saturated carbocycles. The topological polar surface area (TPSA) is 56.0 Å². The lowest BCUT2D eigenvalue weighted by atomic mass is 10.1. The molecule has 0 aliphatic carbocycles. The molecule has 3 aromatic rings. The first kappa shape index (κ1) is 11.6. The van der Waals surface area contributed by atoms with E-state index in [1.807, 2.05) is 0 Å². The van der Waals surface area contributed by atoms with Gasteiger partial charge in [-0.1, -0.05) is 23.2 Å². The Hall–Kier alpha value is -1.43. The highest BCUT2D eigenvalue weighted by atomic mass is 35.5. The molecule has 0 aliphatic rings. The van der Waals surface area contributed by atoms with Gasteiger partial charge in [-0.25, -0.2) is 0 Å². The maximum atomic E-state index is 10.6. The predicted molar refractivity (Wildman–Crippen MR) is 70.5 cm³/mol. The molecule has 0 N–H and O–H groups in total. The van der Waals surface area contributed by atoms with E-state index in [1.54, 1.807) is 18.2 Å². The summed E-state index contributed by atoms with van der Waals surface area (Å²) in [5, 5.41) is 0.849. The van der Waals surface area contributed by atoms with Crippen molar-refractivity contribution in [2.75, 3.05) is 0 Å². The van der Waals surface area contributed by atoms with Crippen LogP contribution >= 0.6 is 34.9 Å². The number of halogens is 2. The van der Waals surface area contributed by atoms with Gasteiger partial charge in [0.2, 0.25) is 0 Å². The minimum atomic E-state index is 0.229. The minimum Gasteiger partial charge on any atom is -0.453 e. The van der Waals surface area contributed by atoms with Gasteiger partial charge in [0.05, 0.1) is 27.3 Å². The second kappa shape index (κ2) is 4.35. The number of nitrogens with zero attached hydrogens (tertiary/aromatic N) is 2. The molecule has 18 heavy (non-hydrogen) atoms. The maximum Gasteiger partial charge on any atom is 0.185 e. The van der Waals surface area contributed by atoms with Crippen LogP contribution in [0.4, 0.5) is 0 Å². The van der Waals surface area contributed by atoms with Gasteiger partial charge in [0, 0.05) is 0 Å². The van der Waals surface area contributed by atoms with Crippen molar-refractivity contribution in [2.24, 2.45) is 0 Å². The monoisotopic (exact) mass is 298 g/mol. The lowest BCUT2D eigenvalue weighted by Gasteiger charge is -2.02. The number of hydrogen-bond donors (Lipinski definition) is 0. The average molecular weight is 299 g/mol. The van der Waals surface area contributed by atoms with E-state index in [1.165, 1.54) is 0 Å². The molecule has 0 saturated heterocycles. The van der Waals surface area contributed by atoms with Crippen LogP contribution in [0.25, 0.3) is 22.4 Å². The normalized spacial score (nSPS) is 11.0. The third-order valence-corrected chi connectivity index (χ3v) is 3.55. The molecular weight excluding hydrogens is 295 g/mol. The van der Waals surface area contributed by atoms with Crippen LogP contribution in [0, 0.1) is 0 Å². The number of furan rings is 1. The van der Waals surface area contributed by atoms with Gasteiger partial charge < -0.3 is 4.42 Å². The van der Waals surface area contributed by atoms with E-state index < -0.39 is 0 Å². The molecule has 2 aromatic heterocycles. The van der Waals surface area contributed by atoms with Crippen LogP contribution in [-0.4, -0.2) is 15.0 Å². The van der Waals surface area contributed by atoms with Crippen molar-refractivity contribution in [2.45, 2.75) is 0 Å². The molecule has 3 rings (SSSR count). The van der Waals surface area contributed by atoms with E-state index in [0.29, 0.717) is 38.7 Å². The van der Waals surface area contributed by atoms with Crippen molar-refractivity contribution in [1.82, 2.24) is 8.75 Å². The van der Waals surface area contributed by atoms with Crippen LogP contribution in [0.1, 0.15) is 10.6 Å². The first-order valence-corrected chi connectivity index (χ1v) is 6.35. The van der Waals surface area contributed by atoms with E-state index in [-0.39, 0.29) is 5.76 Å². The molecular formula is C11H4Cl2N2O2S. The van der Waals surface area contributed by atoms with Crippen molar-refractivity contribution in [3.05, 3.63) is 34.0 Å². The number of aromatic nitrogens is 2. The van der Waals surface area contributed by atoms with Gasteiger partial charge in [-0.3, -0.25) is 4.79 Å². The predicted octanol–water partition coefficient (Wildman–Crippen LogP) is 4.07. The summed E-state index contributed by atoms with van der Waals surface area (Å²) >= 11 is 13.2. The van der Waals surface area contributed by atoms with Gasteiger partial charge in [-0.2, -0.15) is 8.75 Å². The number of rotatable bonds is 2. The Balaban J connectivity index is 2.34. The Kier molecular flexibility index (Phi) is 2.81. The van der Waals surface area contributed by atoms with Gasteiger partial charge in [0.15, 0.2) is 12.0 Å². The van der Waals surface area contributed by atoms with Crippen molar-refractivity contribution >= 4 is 52.2 Å². The second-order valence-electron chi connectivity index (χ2n) is 3.50. The zero-order valence-corrected chi connectivity index (χ0v) is 11.0. The molecule has 2 heterocycles. The Labute approximate surface area is 115 Å². The molecule has 0 spiro atoms. The van der Waals surface area contributed by atoms with Gasteiger partial charge in [0.1, 0.15) is 16.8 Å². The molecule has 0 unspecified atom stereocenters. The van der Waals surface area contributed by atoms with E-state index in [2.05, 4.69) is 8.75 Å². The van der Waals surface area contributed by atoms with Crippen LogP contribution in [0.5, 0.6) is 0 Å². The standard InChI is InChI=1S/C11H4Cl2N2O2S/c12-6-3-7(13)10-11(15-18-14-10)9(6)8-2-1-5(4-16)17-8/h1-4H. The summed E-state index contributed by atoms with van der Waals surface area (Å²) in [6, 6.07) is 4.82. The largest absolute Gasteiger partial charge is 0.453 e. The fraction of sp³-hybridized carbons (Fsp3) is 0. The smallest absolute Gasteiger partial charge is 0.185 e. The zero-order chi connectivity index (χ0) is 12.7. The number of carbonyl (C=O) groups is 1. The van der Waals surface area contributed by atoms with Gasteiger partial charge >= 0.3 is 0 Å². The highest BCUT2D eigenvalue weighted by Crippen LogP contribution is 2.38. The summed E-state index contributed by atoms with van der Waals surface area (Å²) in [5.41, 5.74) is 1.74. The van der Waals surface area contributed by atoms with E-state index in [0.717, 1.165) is 11.7 Å². The highest BCUT2D eigenvalue weighted by molar-refractivity contribution is 7.00. The summed E-state index contributed by atoms with van der Waals surface area (Å²) in [4.78, 5) is 10.6. The maximum absolute atomic E-state index is 10.6. The lowest BCUT2D eigenvalue weighted by molar-refractivity contribution is 0.110. The molecule has 0 radical (unpaired) electrons. The molecule has 0 atom stereocenters. The summed E-state index contributed by atoms with van der Waals surface area (Å²) in [7, 11) is 0. The number of fused-ring (bicyclic) bond motifs is 1. The summed E-state index contributed by atoms with van der Waals surface area (Å²) < 4.78 is 13.6. The Morgan fingerprint density at radius 3 is 2.67 bits per heavy atom. The fourth-order valence-corrected chi connectivity index (χ4v) is 2.86. The summed E-state index contributed by atoms with van der Waals surface area (Å²) in [5.74, 6) is 0.698. The Morgan fingerprint density at radius 2 is 1.94 bits per heavy atom. The number of aldehydes is 1. The van der Waals surface area contributed by atoms with E-state index in [9.17, 15) is 4.79 Å².